The lowest BCUT2D eigenvalue weighted by Crippen LogP contribution is -2.02. The highest BCUT2D eigenvalue weighted by Gasteiger charge is 2.21. The molecule has 0 aromatic rings. The predicted octanol–water partition coefficient (Wildman–Crippen LogP) is 4.41. The second-order valence-corrected chi connectivity index (χ2v) is 1.99. The Bertz CT molecular complexity index is 80.9. The van der Waals surface area contributed by atoms with Gasteiger partial charge in [-0.15, -0.1) is 0 Å². The molecule has 0 heterocycles. The summed E-state index contributed by atoms with van der Waals surface area (Å²) in [5.74, 6) is 0. The van der Waals surface area contributed by atoms with Gasteiger partial charge in [-0.05, 0) is 0 Å². The minimum absolute atomic E-state index is 1.32. The molecule has 0 fully saturated rings. The number of hydrogen-bond acceptors (Lipinski definition) is 0. The van der Waals surface area contributed by atoms with E-state index in [-0.39, 0.29) is 0 Å². The average molecular weight is 232 g/mol. The van der Waals surface area contributed by atoms with Crippen LogP contribution in [0.2, 0.25) is 0 Å². The molecule has 0 aliphatic rings. The molecule has 90 valence electrons. The molecule has 10 heteroatoms. The summed E-state index contributed by atoms with van der Waals surface area (Å²) in [6.07, 6.45) is 2.64. The molecular weight excluding hydrogens is 222 g/mol. The van der Waals surface area contributed by atoms with Crippen molar-refractivity contribution in [1.82, 2.24) is 0 Å². The lowest BCUT2D eigenvalue weighted by atomic mass is 10.3. The molecule has 0 rings (SSSR count). The summed E-state index contributed by atoms with van der Waals surface area (Å²) < 4.78 is 78.0. The van der Waals surface area contributed by atoms with Crippen LogP contribution in [-0.4, -0.2) is 14.5 Å². The Morgan fingerprint density at radius 3 is 0.643 bits per heavy atom. The molecule has 0 nitrogen and oxygen atoms in total. The summed E-state index contributed by atoms with van der Waals surface area (Å²) in [6.45, 7) is 4.36. The standard InChI is InChI=1S/C4H10.2BF4/c1-3-4-2;2*2-1(3,4)5/h3-4H2,1-2H3;;/q;2*-1. The molecule has 0 aromatic carbocycles. The maximum atomic E-state index is 9.75. The van der Waals surface area contributed by atoms with Gasteiger partial charge in [-0.2, -0.15) is 0 Å². The fraction of sp³-hybridized carbons (Fsp3) is 1.00. The van der Waals surface area contributed by atoms with Crippen LogP contribution in [0.25, 0.3) is 0 Å². The average Bonchev–Trinajstić information content (AvgIpc) is 1.79. The molecule has 0 amide bonds. The number of unbranched alkanes of at least 4 members (excludes halogenated alkanes) is 1. The van der Waals surface area contributed by atoms with Gasteiger partial charge >= 0.3 is 14.5 Å². The first-order valence-electron chi connectivity index (χ1n) is 3.66. The van der Waals surface area contributed by atoms with E-state index >= 15 is 0 Å². The van der Waals surface area contributed by atoms with Gasteiger partial charge in [-0.1, -0.05) is 26.7 Å². The summed E-state index contributed by atoms with van der Waals surface area (Å²) in [7, 11) is -12.0. The van der Waals surface area contributed by atoms with E-state index < -0.39 is 14.5 Å². The molecule has 0 aliphatic carbocycles. The van der Waals surface area contributed by atoms with Crippen molar-refractivity contribution < 1.29 is 34.5 Å². The molecule has 0 unspecified atom stereocenters. The molecule has 0 N–H and O–H groups in total. The summed E-state index contributed by atoms with van der Waals surface area (Å²) in [6, 6.07) is 0. The van der Waals surface area contributed by atoms with Gasteiger partial charge in [0, 0.05) is 0 Å². The molecule has 14 heavy (non-hydrogen) atoms. The van der Waals surface area contributed by atoms with Crippen molar-refractivity contribution in [1.29, 1.82) is 0 Å². The Morgan fingerprint density at radius 1 is 0.571 bits per heavy atom. The SMILES string of the molecule is CCCC.F[B-](F)(F)F.F[B-](F)(F)F. The molecule has 0 saturated carbocycles. The summed E-state index contributed by atoms with van der Waals surface area (Å²) in [5, 5.41) is 0. The second kappa shape index (κ2) is 9.14. The largest absolute Gasteiger partial charge is 0.673 e. The molecular formula is C4H10B2F8-2. The number of rotatable bonds is 1. The van der Waals surface area contributed by atoms with Gasteiger partial charge < -0.3 is 34.5 Å². The summed E-state index contributed by atoms with van der Waals surface area (Å²) >= 11 is 0. The zero-order chi connectivity index (χ0) is 12.4. The normalized spacial score (nSPS) is 10.7. The van der Waals surface area contributed by atoms with E-state index in [9.17, 15) is 34.5 Å². The van der Waals surface area contributed by atoms with Crippen LogP contribution < -0.4 is 0 Å². The Balaban J connectivity index is -0.000000131. The molecule has 0 atom stereocenters. The predicted molar refractivity (Wildman–Crippen MR) is 41.0 cm³/mol. The number of halogens is 8. The number of hydrogen-bond donors (Lipinski definition) is 0. The Kier molecular flexibility index (Phi) is 12.5. The van der Waals surface area contributed by atoms with Crippen molar-refractivity contribution in [2.24, 2.45) is 0 Å². The summed E-state index contributed by atoms with van der Waals surface area (Å²) in [4.78, 5) is 0. The minimum atomic E-state index is -6.00. The van der Waals surface area contributed by atoms with Crippen LogP contribution in [0.4, 0.5) is 34.5 Å². The van der Waals surface area contributed by atoms with Crippen molar-refractivity contribution in [3.8, 4) is 0 Å². The van der Waals surface area contributed by atoms with Crippen molar-refractivity contribution in [3.05, 3.63) is 0 Å². The quantitative estimate of drug-likeness (QED) is 0.463. The first-order chi connectivity index (χ1) is 5.91. The van der Waals surface area contributed by atoms with E-state index in [2.05, 4.69) is 13.8 Å². The van der Waals surface area contributed by atoms with E-state index in [1.54, 1.807) is 0 Å². The molecule has 0 aliphatic heterocycles. The summed E-state index contributed by atoms with van der Waals surface area (Å²) in [5.41, 5.74) is 0. The van der Waals surface area contributed by atoms with Crippen molar-refractivity contribution in [2.45, 2.75) is 26.7 Å². The first kappa shape index (κ1) is 19.2. The van der Waals surface area contributed by atoms with E-state index in [0.29, 0.717) is 0 Å². The maximum Gasteiger partial charge on any atom is 0.673 e. The van der Waals surface area contributed by atoms with Crippen LogP contribution in [0.15, 0.2) is 0 Å². The highest BCUT2D eigenvalue weighted by Crippen LogP contribution is 2.07. The fourth-order valence-corrected chi connectivity index (χ4v) is 0. The molecule has 0 bridgehead atoms. The highest BCUT2D eigenvalue weighted by molar-refractivity contribution is 6.50. The third-order valence-electron chi connectivity index (χ3n) is 0.500. The molecule has 0 aromatic heterocycles. The van der Waals surface area contributed by atoms with Crippen LogP contribution in [0.5, 0.6) is 0 Å². The van der Waals surface area contributed by atoms with E-state index in [4.69, 9.17) is 0 Å². The molecule has 0 saturated heterocycles. The fourth-order valence-electron chi connectivity index (χ4n) is 0. The first-order valence-corrected chi connectivity index (χ1v) is 3.66. The smallest absolute Gasteiger partial charge is 0.418 e. The van der Waals surface area contributed by atoms with Gasteiger partial charge in [0.05, 0.1) is 0 Å². The third-order valence-corrected chi connectivity index (χ3v) is 0.500. The van der Waals surface area contributed by atoms with Gasteiger partial charge in [0.2, 0.25) is 0 Å². The zero-order valence-electron chi connectivity index (χ0n) is 7.59. The van der Waals surface area contributed by atoms with Crippen LogP contribution >= 0.6 is 0 Å². The van der Waals surface area contributed by atoms with Gasteiger partial charge in [-0.25, -0.2) is 0 Å². The Morgan fingerprint density at radius 2 is 0.643 bits per heavy atom. The van der Waals surface area contributed by atoms with E-state index in [0.717, 1.165) is 0 Å². The van der Waals surface area contributed by atoms with Gasteiger partial charge in [0.1, 0.15) is 0 Å². The van der Waals surface area contributed by atoms with Gasteiger partial charge in [-0.3, -0.25) is 0 Å². The second-order valence-electron chi connectivity index (χ2n) is 1.99. The Labute approximate surface area is 76.9 Å². The van der Waals surface area contributed by atoms with Crippen molar-refractivity contribution in [3.63, 3.8) is 0 Å². The lowest BCUT2D eigenvalue weighted by Gasteiger charge is -1.94. The maximum absolute atomic E-state index is 9.75. The third kappa shape index (κ3) is 3980. The van der Waals surface area contributed by atoms with E-state index in [1.807, 2.05) is 0 Å². The highest BCUT2D eigenvalue weighted by atomic mass is 19.5. The molecule has 0 radical (unpaired) electrons. The van der Waals surface area contributed by atoms with Crippen LogP contribution in [0.3, 0.4) is 0 Å². The van der Waals surface area contributed by atoms with Crippen LogP contribution in [0.1, 0.15) is 26.7 Å². The van der Waals surface area contributed by atoms with Crippen molar-refractivity contribution >= 4 is 14.5 Å². The minimum Gasteiger partial charge on any atom is -0.418 e. The topological polar surface area (TPSA) is 0 Å². The van der Waals surface area contributed by atoms with Crippen LogP contribution in [-0.2, 0) is 0 Å². The Hall–Kier alpha value is -0.430. The lowest BCUT2D eigenvalue weighted by molar-refractivity contribution is 0.366. The van der Waals surface area contributed by atoms with Gasteiger partial charge in [0.15, 0.2) is 0 Å². The zero-order valence-corrected chi connectivity index (χ0v) is 7.59. The monoisotopic (exact) mass is 232 g/mol. The molecule has 0 spiro atoms. The van der Waals surface area contributed by atoms with Gasteiger partial charge in [0.25, 0.3) is 0 Å². The van der Waals surface area contributed by atoms with Crippen LogP contribution in [0, 0.1) is 0 Å². The van der Waals surface area contributed by atoms with Crippen molar-refractivity contribution in [2.75, 3.05) is 0 Å². The van der Waals surface area contributed by atoms with E-state index in [1.165, 1.54) is 12.8 Å².